The van der Waals surface area contributed by atoms with Gasteiger partial charge in [0.05, 0.1) is 12.0 Å². The van der Waals surface area contributed by atoms with Crippen LogP contribution in [0.25, 0.3) is 11.3 Å². The Morgan fingerprint density at radius 3 is 2.80 bits per heavy atom. The number of aromatic nitrogens is 3. The van der Waals surface area contributed by atoms with E-state index in [4.69, 9.17) is 0 Å². The third kappa shape index (κ3) is 4.78. The number of nitrogens with zero attached hydrogens (tertiary/aromatic N) is 3. The van der Waals surface area contributed by atoms with Crippen LogP contribution in [0.3, 0.4) is 0 Å². The first-order valence-electron chi connectivity index (χ1n) is 7.22. The van der Waals surface area contributed by atoms with Crippen molar-refractivity contribution in [3.63, 3.8) is 0 Å². The fourth-order valence-electron chi connectivity index (χ4n) is 2.03. The number of nitrogens with one attached hydrogen (secondary N) is 1. The predicted octanol–water partition coefficient (Wildman–Crippen LogP) is 3.11. The van der Waals surface area contributed by atoms with Crippen molar-refractivity contribution in [2.75, 3.05) is 6.54 Å². The summed E-state index contributed by atoms with van der Waals surface area (Å²) in [4.78, 5) is 8.55. The fraction of sp³-hybridized carbons (Fsp3) is 0.500. The second kappa shape index (κ2) is 6.66. The first-order valence-corrected chi connectivity index (χ1v) is 7.22. The molecule has 0 saturated heterocycles. The number of hydrogen-bond acceptors (Lipinski definition) is 3. The molecule has 0 unspecified atom stereocenters. The molecule has 2 heterocycles. The van der Waals surface area contributed by atoms with Crippen LogP contribution in [0.4, 0.5) is 0 Å². The summed E-state index contributed by atoms with van der Waals surface area (Å²) < 4.78 is 2.15. The van der Waals surface area contributed by atoms with Crippen LogP contribution in [0, 0.1) is 0 Å². The van der Waals surface area contributed by atoms with Crippen molar-refractivity contribution in [2.45, 2.75) is 45.7 Å². The summed E-state index contributed by atoms with van der Waals surface area (Å²) in [6, 6.07) is 3.97. The Morgan fingerprint density at radius 2 is 2.10 bits per heavy atom. The zero-order valence-corrected chi connectivity index (χ0v) is 12.6. The standard InChI is InChI=1S/C16H24N4/c1-16(2,3)19-9-4-5-10-20-12-15(18-13-20)14-7-6-8-17-11-14/h6-8,11-13,19H,4-5,9-10H2,1-3H3. The lowest BCUT2D eigenvalue weighted by molar-refractivity contribution is 0.414. The normalized spacial score (nSPS) is 11.8. The lowest BCUT2D eigenvalue weighted by Crippen LogP contribution is -2.36. The topological polar surface area (TPSA) is 42.7 Å². The van der Waals surface area contributed by atoms with Gasteiger partial charge in [-0.3, -0.25) is 4.98 Å². The Kier molecular flexibility index (Phi) is 4.90. The first-order chi connectivity index (χ1) is 9.54. The molecule has 2 aromatic rings. The first kappa shape index (κ1) is 14.7. The summed E-state index contributed by atoms with van der Waals surface area (Å²) in [7, 11) is 0. The second-order valence-corrected chi connectivity index (χ2v) is 6.12. The minimum Gasteiger partial charge on any atom is -0.337 e. The molecular weight excluding hydrogens is 248 g/mol. The zero-order valence-electron chi connectivity index (χ0n) is 12.6. The van der Waals surface area contributed by atoms with E-state index in [0.29, 0.717) is 0 Å². The summed E-state index contributed by atoms with van der Waals surface area (Å²) in [5.74, 6) is 0. The number of rotatable bonds is 6. The van der Waals surface area contributed by atoms with Gasteiger partial charge in [0, 0.05) is 36.2 Å². The average Bonchev–Trinajstić information content (AvgIpc) is 2.87. The van der Waals surface area contributed by atoms with Crippen molar-refractivity contribution in [1.82, 2.24) is 19.9 Å². The van der Waals surface area contributed by atoms with Crippen molar-refractivity contribution in [2.24, 2.45) is 0 Å². The Morgan fingerprint density at radius 1 is 1.25 bits per heavy atom. The van der Waals surface area contributed by atoms with Gasteiger partial charge in [-0.15, -0.1) is 0 Å². The molecule has 0 radical (unpaired) electrons. The van der Waals surface area contributed by atoms with E-state index in [9.17, 15) is 0 Å². The molecule has 0 aromatic carbocycles. The van der Waals surface area contributed by atoms with Gasteiger partial charge in [0.15, 0.2) is 0 Å². The van der Waals surface area contributed by atoms with Gasteiger partial charge in [-0.2, -0.15) is 0 Å². The number of pyridine rings is 1. The van der Waals surface area contributed by atoms with Crippen LogP contribution in [0.1, 0.15) is 33.6 Å². The van der Waals surface area contributed by atoms with E-state index in [-0.39, 0.29) is 5.54 Å². The van der Waals surface area contributed by atoms with Crippen LogP contribution in [-0.4, -0.2) is 26.6 Å². The quantitative estimate of drug-likeness (QED) is 0.822. The van der Waals surface area contributed by atoms with E-state index in [1.807, 2.05) is 24.7 Å². The van der Waals surface area contributed by atoms with Crippen LogP contribution < -0.4 is 5.32 Å². The van der Waals surface area contributed by atoms with Crippen molar-refractivity contribution in [3.05, 3.63) is 37.1 Å². The molecule has 1 N–H and O–H groups in total. The third-order valence-corrected chi connectivity index (χ3v) is 3.09. The minimum absolute atomic E-state index is 0.211. The highest BCUT2D eigenvalue weighted by molar-refractivity contribution is 5.56. The second-order valence-electron chi connectivity index (χ2n) is 6.12. The Labute approximate surface area is 121 Å². The molecule has 4 nitrogen and oxygen atoms in total. The monoisotopic (exact) mass is 272 g/mol. The molecule has 0 fully saturated rings. The molecule has 0 bridgehead atoms. The average molecular weight is 272 g/mol. The highest BCUT2D eigenvalue weighted by Gasteiger charge is 2.07. The van der Waals surface area contributed by atoms with Gasteiger partial charge in [-0.25, -0.2) is 4.98 Å². The molecule has 4 heteroatoms. The lowest BCUT2D eigenvalue weighted by Gasteiger charge is -2.20. The zero-order chi connectivity index (χ0) is 14.4. The third-order valence-electron chi connectivity index (χ3n) is 3.09. The predicted molar refractivity (Wildman–Crippen MR) is 82.4 cm³/mol. The SMILES string of the molecule is CC(C)(C)NCCCCn1cnc(-c2cccnc2)c1. The molecule has 2 rings (SSSR count). The van der Waals surface area contributed by atoms with E-state index >= 15 is 0 Å². The summed E-state index contributed by atoms with van der Waals surface area (Å²) >= 11 is 0. The van der Waals surface area contributed by atoms with E-state index in [2.05, 4.69) is 46.8 Å². The largest absolute Gasteiger partial charge is 0.337 e. The maximum atomic E-state index is 4.43. The molecule has 20 heavy (non-hydrogen) atoms. The van der Waals surface area contributed by atoms with Gasteiger partial charge in [0.1, 0.15) is 0 Å². The van der Waals surface area contributed by atoms with Crippen LogP contribution >= 0.6 is 0 Å². The van der Waals surface area contributed by atoms with Crippen LogP contribution in [0.2, 0.25) is 0 Å². The highest BCUT2D eigenvalue weighted by atomic mass is 15.0. The fourth-order valence-corrected chi connectivity index (χ4v) is 2.03. The molecule has 2 aromatic heterocycles. The molecule has 0 aliphatic heterocycles. The van der Waals surface area contributed by atoms with Gasteiger partial charge >= 0.3 is 0 Å². The molecule has 0 atom stereocenters. The summed E-state index contributed by atoms with van der Waals surface area (Å²) in [5.41, 5.74) is 2.27. The van der Waals surface area contributed by atoms with Crippen molar-refractivity contribution < 1.29 is 0 Å². The number of hydrogen-bond donors (Lipinski definition) is 1. The molecule has 0 aliphatic rings. The lowest BCUT2D eigenvalue weighted by atomic mass is 10.1. The Hall–Kier alpha value is -1.68. The number of unbranched alkanes of at least 4 members (excludes halogenated alkanes) is 1. The van der Waals surface area contributed by atoms with E-state index < -0.39 is 0 Å². The molecule has 108 valence electrons. The van der Waals surface area contributed by atoms with Gasteiger partial charge in [-0.05, 0) is 52.3 Å². The number of imidazole rings is 1. The van der Waals surface area contributed by atoms with E-state index in [1.165, 1.54) is 6.42 Å². The van der Waals surface area contributed by atoms with Crippen molar-refractivity contribution in [1.29, 1.82) is 0 Å². The molecule has 0 aliphatic carbocycles. The smallest absolute Gasteiger partial charge is 0.0953 e. The van der Waals surface area contributed by atoms with Crippen molar-refractivity contribution in [3.8, 4) is 11.3 Å². The molecule has 0 spiro atoms. The summed E-state index contributed by atoms with van der Waals surface area (Å²) in [5, 5.41) is 3.51. The van der Waals surface area contributed by atoms with Crippen molar-refractivity contribution >= 4 is 0 Å². The molecular formula is C16H24N4. The van der Waals surface area contributed by atoms with Gasteiger partial charge in [0.2, 0.25) is 0 Å². The Bertz CT molecular complexity index is 511. The van der Waals surface area contributed by atoms with E-state index in [1.54, 1.807) is 6.20 Å². The maximum absolute atomic E-state index is 4.43. The van der Waals surface area contributed by atoms with Crippen LogP contribution in [0.5, 0.6) is 0 Å². The molecule has 0 amide bonds. The van der Waals surface area contributed by atoms with Gasteiger partial charge in [0.25, 0.3) is 0 Å². The van der Waals surface area contributed by atoms with Gasteiger partial charge in [-0.1, -0.05) is 0 Å². The van der Waals surface area contributed by atoms with Crippen LogP contribution in [-0.2, 0) is 6.54 Å². The molecule has 0 saturated carbocycles. The van der Waals surface area contributed by atoms with Crippen LogP contribution in [0.15, 0.2) is 37.1 Å². The number of aryl methyl sites for hydroxylation is 1. The Balaban J connectivity index is 1.76. The summed E-state index contributed by atoms with van der Waals surface area (Å²) in [6.07, 6.45) is 9.96. The summed E-state index contributed by atoms with van der Waals surface area (Å²) in [6.45, 7) is 8.67. The minimum atomic E-state index is 0.211. The van der Waals surface area contributed by atoms with E-state index in [0.717, 1.165) is 30.8 Å². The highest BCUT2D eigenvalue weighted by Crippen LogP contribution is 2.15. The maximum Gasteiger partial charge on any atom is 0.0953 e. The van der Waals surface area contributed by atoms with Gasteiger partial charge < -0.3 is 9.88 Å².